The Morgan fingerprint density at radius 3 is 2.61 bits per heavy atom. The standard InChI is InChI=1S/C15H12FN5O2/c16-11-3-1-9(2-4-11)7-12-10(5-6-17-12)8-13(22)14(23)15-18-20-21-19-15/h1-6,17H,7-8H2,(H,18,19,20,21). The van der Waals surface area contributed by atoms with Crippen molar-refractivity contribution in [3.8, 4) is 0 Å². The average molecular weight is 313 g/mol. The highest BCUT2D eigenvalue weighted by atomic mass is 19.1. The first-order valence-corrected chi connectivity index (χ1v) is 6.84. The van der Waals surface area contributed by atoms with Crippen molar-refractivity contribution in [2.24, 2.45) is 0 Å². The molecule has 0 aliphatic carbocycles. The van der Waals surface area contributed by atoms with Crippen LogP contribution >= 0.6 is 0 Å². The van der Waals surface area contributed by atoms with E-state index < -0.39 is 11.6 Å². The summed E-state index contributed by atoms with van der Waals surface area (Å²) in [6.45, 7) is 0. The minimum Gasteiger partial charge on any atom is -0.364 e. The van der Waals surface area contributed by atoms with Gasteiger partial charge in [0.25, 0.3) is 5.78 Å². The fourth-order valence-electron chi connectivity index (χ4n) is 2.21. The van der Waals surface area contributed by atoms with Gasteiger partial charge in [0.2, 0.25) is 11.6 Å². The molecule has 0 bridgehead atoms. The van der Waals surface area contributed by atoms with Crippen LogP contribution < -0.4 is 0 Å². The Morgan fingerprint density at radius 2 is 1.91 bits per heavy atom. The van der Waals surface area contributed by atoms with E-state index >= 15 is 0 Å². The summed E-state index contributed by atoms with van der Waals surface area (Å²) >= 11 is 0. The van der Waals surface area contributed by atoms with Crippen molar-refractivity contribution >= 4 is 11.6 Å². The summed E-state index contributed by atoms with van der Waals surface area (Å²) < 4.78 is 12.9. The largest absolute Gasteiger partial charge is 0.364 e. The van der Waals surface area contributed by atoms with E-state index in [2.05, 4.69) is 25.6 Å². The highest BCUT2D eigenvalue weighted by molar-refractivity contribution is 6.43. The van der Waals surface area contributed by atoms with Crippen LogP contribution in [-0.4, -0.2) is 37.2 Å². The molecule has 0 spiro atoms. The van der Waals surface area contributed by atoms with E-state index in [4.69, 9.17) is 0 Å². The van der Waals surface area contributed by atoms with Crippen LogP contribution in [0.3, 0.4) is 0 Å². The monoisotopic (exact) mass is 313 g/mol. The molecule has 0 aliphatic heterocycles. The van der Waals surface area contributed by atoms with Crippen LogP contribution in [0.5, 0.6) is 0 Å². The third-order valence-electron chi connectivity index (χ3n) is 3.38. The third-order valence-corrected chi connectivity index (χ3v) is 3.38. The fourth-order valence-corrected chi connectivity index (χ4v) is 2.21. The first-order chi connectivity index (χ1) is 11.1. The Kier molecular flexibility index (Phi) is 4.05. The molecule has 3 aromatic rings. The number of benzene rings is 1. The molecular formula is C15H12FN5O2. The average Bonchev–Trinajstić information content (AvgIpc) is 3.21. The fraction of sp³-hybridized carbons (Fsp3) is 0.133. The number of aromatic amines is 2. The second-order valence-electron chi connectivity index (χ2n) is 4.95. The molecule has 0 unspecified atom stereocenters. The molecule has 0 fully saturated rings. The van der Waals surface area contributed by atoms with Crippen LogP contribution in [0.25, 0.3) is 0 Å². The number of tetrazole rings is 1. The molecule has 116 valence electrons. The lowest BCUT2D eigenvalue weighted by Gasteiger charge is -2.04. The number of hydrogen-bond acceptors (Lipinski definition) is 5. The van der Waals surface area contributed by atoms with E-state index in [0.29, 0.717) is 12.0 Å². The second kappa shape index (κ2) is 6.30. The van der Waals surface area contributed by atoms with Crippen LogP contribution in [-0.2, 0) is 17.6 Å². The van der Waals surface area contributed by atoms with Crippen molar-refractivity contribution in [2.45, 2.75) is 12.8 Å². The molecule has 7 nitrogen and oxygen atoms in total. The molecule has 0 aliphatic rings. The van der Waals surface area contributed by atoms with Gasteiger partial charge in [-0.3, -0.25) is 9.59 Å². The van der Waals surface area contributed by atoms with Gasteiger partial charge in [0.05, 0.1) is 0 Å². The predicted octanol–water partition coefficient (Wildman–Crippen LogP) is 1.25. The molecule has 0 atom stereocenters. The van der Waals surface area contributed by atoms with Gasteiger partial charge in [-0.05, 0) is 34.5 Å². The predicted molar refractivity (Wildman–Crippen MR) is 77.2 cm³/mol. The first-order valence-electron chi connectivity index (χ1n) is 6.84. The Hall–Kier alpha value is -3.16. The zero-order valence-corrected chi connectivity index (χ0v) is 11.9. The molecular weight excluding hydrogens is 301 g/mol. The molecule has 0 saturated carbocycles. The third kappa shape index (κ3) is 3.37. The maximum Gasteiger partial charge on any atom is 0.269 e. The van der Waals surface area contributed by atoms with Crippen molar-refractivity contribution in [1.82, 2.24) is 25.6 Å². The first kappa shape index (κ1) is 14.8. The van der Waals surface area contributed by atoms with Crippen molar-refractivity contribution in [2.75, 3.05) is 0 Å². The Bertz CT molecular complexity index is 824. The molecule has 8 heteroatoms. The van der Waals surface area contributed by atoms with Gasteiger partial charge < -0.3 is 4.98 Å². The number of aromatic nitrogens is 5. The summed E-state index contributed by atoms with van der Waals surface area (Å²) in [5.74, 6) is -1.95. The minimum absolute atomic E-state index is 0.0621. The number of ketones is 2. The zero-order chi connectivity index (χ0) is 16.2. The lowest BCUT2D eigenvalue weighted by molar-refractivity contribution is -0.114. The zero-order valence-electron chi connectivity index (χ0n) is 11.9. The minimum atomic E-state index is -0.785. The molecule has 1 aromatic carbocycles. The normalized spacial score (nSPS) is 10.7. The second-order valence-corrected chi connectivity index (χ2v) is 4.95. The van der Waals surface area contributed by atoms with Crippen LogP contribution in [0.1, 0.15) is 27.4 Å². The smallest absolute Gasteiger partial charge is 0.269 e. The maximum absolute atomic E-state index is 12.9. The van der Waals surface area contributed by atoms with Gasteiger partial charge in [-0.1, -0.05) is 12.1 Å². The van der Waals surface area contributed by atoms with Gasteiger partial charge in [0.1, 0.15) is 5.82 Å². The molecule has 2 N–H and O–H groups in total. The number of hydrogen-bond donors (Lipinski definition) is 2. The molecule has 3 rings (SSSR count). The number of Topliss-reactive ketones (excluding diaryl/α,β-unsaturated/α-hetero) is 2. The summed E-state index contributed by atoms with van der Waals surface area (Å²) in [6.07, 6.45) is 2.14. The number of rotatable bonds is 6. The lowest BCUT2D eigenvalue weighted by Crippen LogP contribution is -2.18. The van der Waals surface area contributed by atoms with Crippen LogP contribution in [0.4, 0.5) is 4.39 Å². The van der Waals surface area contributed by atoms with Crippen molar-refractivity contribution in [3.63, 3.8) is 0 Å². The van der Waals surface area contributed by atoms with Crippen LogP contribution in [0, 0.1) is 5.82 Å². The van der Waals surface area contributed by atoms with Gasteiger partial charge in [-0.15, -0.1) is 10.2 Å². The highest BCUT2D eigenvalue weighted by Crippen LogP contribution is 2.15. The highest BCUT2D eigenvalue weighted by Gasteiger charge is 2.22. The summed E-state index contributed by atoms with van der Waals surface area (Å²) in [6, 6.07) is 7.84. The Balaban J connectivity index is 1.72. The number of nitrogens with zero attached hydrogens (tertiary/aromatic N) is 3. The van der Waals surface area contributed by atoms with E-state index in [1.807, 2.05) is 0 Å². The molecule has 0 saturated heterocycles. The van der Waals surface area contributed by atoms with Crippen molar-refractivity contribution in [3.05, 3.63) is 65.0 Å². The summed E-state index contributed by atoms with van der Waals surface area (Å²) in [5, 5.41) is 12.4. The van der Waals surface area contributed by atoms with Crippen molar-refractivity contribution < 1.29 is 14.0 Å². The number of H-pyrrole nitrogens is 2. The van der Waals surface area contributed by atoms with E-state index in [0.717, 1.165) is 11.3 Å². The lowest BCUT2D eigenvalue weighted by atomic mass is 10.0. The van der Waals surface area contributed by atoms with E-state index in [-0.39, 0.29) is 18.1 Å². The summed E-state index contributed by atoms with van der Waals surface area (Å²) in [5.41, 5.74) is 2.40. The Morgan fingerprint density at radius 1 is 1.13 bits per heavy atom. The molecule has 23 heavy (non-hydrogen) atoms. The van der Waals surface area contributed by atoms with Crippen molar-refractivity contribution in [1.29, 1.82) is 0 Å². The van der Waals surface area contributed by atoms with E-state index in [9.17, 15) is 14.0 Å². The van der Waals surface area contributed by atoms with Gasteiger partial charge in [-0.2, -0.15) is 5.21 Å². The number of carbonyl (C=O) groups excluding carboxylic acids is 2. The molecule has 2 heterocycles. The van der Waals surface area contributed by atoms with Gasteiger partial charge >= 0.3 is 0 Å². The summed E-state index contributed by atoms with van der Waals surface area (Å²) in [7, 11) is 0. The van der Waals surface area contributed by atoms with E-state index in [1.165, 1.54) is 12.1 Å². The quantitative estimate of drug-likeness (QED) is 0.526. The van der Waals surface area contributed by atoms with Gasteiger partial charge in [0.15, 0.2) is 0 Å². The molecule has 2 aromatic heterocycles. The number of carbonyl (C=O) groups is 2. The Labute approximate surface area is 129 Å². The topological polar surface area (TPSA) is 104 Å². The number of halogens is 1. The van der Waals surface area contributed by atoms with Crippen LogP contribution in [0.15, 0.2) is 36.5 Å². The SMILES string of the molecule is O=C(Cc1cc[nH]c1Cc1ccc(F)cc1)C(=O)c1nn[nH]n1. The molecule has 0 radical (unpaired) electrons. The van der Waals surface area contributed by atoms with E-state index in [1.54, 1.807) is 24.4 Å². The van der Waals surface area contributed by atoms with Gasteiger partial charge in [0, 0.05) is 24.7 Å². The maximum atomic E-state index is 12.9. The van der Waals surface area contributed by atoms with Gasteiger partial charge in [-0.25, -0.2) is 4.39 Å². The van der Waals surface area contributed by atoms with Crippen LogP contribution in [0.2, 0.25) is 0 Å². The molecule has 0 amide bonds. The summed E-state index contributed by atoms with van der Waals surface area (Å²) in [4.78, 5) is 26.9. The number of nitrogens with one attached hydrogen (secondary N) is 2.